The number of carboxylic acid groups (broad SMARTS) is 1. The highest BCUT2D eigenvalue weighted by Crippen LogP contribution is 2.30. The van der Waals surface area contributed by atoms with Crippen LogP contribution in [-0.4, -0.2) is 79.2 Å². The summed E-state index contributed by atoms with van der Waals surface area (Å²) >= 11 is 0. The molecule has 4 heterocycles. The summed E-state index contributed by atoms with van der Waals surface area (Å²) in [4.78, 5) is 38.2. The van der Waals surface area contributed by atoms with Gasteiger partial charge in [0.2, 0.25) is 5.95 Å². The molecule has 0 radical (unpaired) electrons. The molecule has 1 unspecified atom stereocenters. The van der Waals surface area contributed by atoms with Crippen LogP contribution in [0.1, 0.15) is 43.2 Å². The smallest absolute Gasteiger partial charge is 0.475 e. The van der Waals surface area contributed by atoms with Crippen LogP contribution in [0, 0.1) is 11.3 Å². The molecular weight excluding hydrogens is 667 g/mol. The van der Waals surface area contributed by atoms with Crippen LogP contribution >= 0.6 is 0 Å². The lowest BCUT2D eigenvalue weighted by Crippen LogP contribution is -2.49. The van der Waals surface area contributed by atoms with Gasteiger partial charge in [0, 0.05) is 61.8 Å². The van der Waals surface area contributed by atoms with Gasteiger partial charge in [-0.05, 0) is 56.3 Å². The van der Waals surface area contributed by atoms with Gasteiger partial charge in [-0.3, -0.25) is 9.58 Å². The van der Waals surface area contributed by atoms with Gasteiger partial charge >= 0.3 is 18.2 Å². The number of alkyl halides is 3. The van der Waals surface area contributed by atoms with Gasteiger partial charge in [-0.25, -0.2) is 19.6 Å². The maximum absolute atomic E-state index is 13.7. The SMILES string of the molecule is Cn1cc(-c2ccc(N(C(=O)NCc3ccccc3)[C@H]3CC[C@H](Nc4ncc(C#N)c(NC5CCNC5)n4)CC3)nc2)cn1.O=C(O)C(F)(F)F. The van der Waals surface area contributed by atoms with Crippen molar-refractivity contribution in [1.82, 2.24) is 35.4 Å². The van der Waals surface area contributed by atoms with Crippen LogP contribution in [0.5, 0.6) is 0 Å². The molecule has 1 aliphatic carbocycles. The molecule has 14 nitrogen and oxygen atoms in total. The van der Waals surface area contributed by atoms with Crippen molar-refractivity contribution in [1.29, 1.82) is 5.26 Å². The Kier molecular flexibility index (Phi) is 12.0. The van der Waals surface area contributed by atoms with Crippen molar-refractivity contribution < 1.29 is 27.9 Å². The Morgan fingerprint density at radius 2 is 1.75 bits per heavy atom. The lowest BCUT2D eigenvalue weighted by atomic mass is 9.90. The fourth-order valence-electron chi connectivity index (χ4n) is 5.86. The van der Waals surface area contributed by atoms with Gasteiger partial charge in [-0.15, -0.1) is 0 Å². The Bertz CT molecular complexity index is 1800. The molecule has 0 bridgehead atoms. The number of hydrogen-bond acceptors (Lipinski definition) is 10. The average molecular weight is 706 g/mol. The van der Waals surface area contributed by atoms with E-state index in [0.29, 0.717) is 29.7 Å². The van der Waals surface area contributed by atoms with Crippen LogP contribution in [-0.2, 0) is 18.4 Å². The maximum Gasteiger partial charge on any atom is 0.490 e. The van der Waals surface area contributed by atoms with Gasteiger partial charge < -0.3 is 26.4 Å². The normalized spacial score (nSPS) is 18.5. The Balaban J connectivity index is 0.000000654. The number of nitriles is 1. The number of aryl methyl sites for hydroxylation is 1. The van der Waals surface area contributed by atoms with Crippen molar-refractivity contribution >= 4 is 29.6 Å². The molecule has 5 N–H and O–H groups in total. The van der Waals surface area contributed by atoms with Gasteiger partial charge in [0.1, 0.15) is 23.3 Å². The van der Waals surface area contributed by atoms with Crippen LogP contribution in [0.4, 0.5) is 35.5 Å². The second kappa shape index (κ2) is 16.8. The van der Waals surface area contributed by atoms with E-state index in [0.717, 1.165) is 61.9 Å². The fourth-order valence-corrected chi connectivity index (χ4v) is 5.86. The first-order valence-electron chi connectivity index (χ1n) is 16.4. The lowest BCUT2D eigenvalue weighted by molar-refractivity contribution is -0.192. The number of amides is 2. The molecule has 2 amide bonds. The zero-order valence-corrected chi connectivity index (χ0v) is 27.8. The highest BCUT2D eigenvalue weighted by molar-refractivity contribution is 5.91. The van der Waals surface area contributed by atoms with E-state index < -0.39 is 12.1 Å². The van der Waals surface area contributed by atoms with E-state index in [2.05, 4.69) is 42.4 Å². The first-order chi connectivity index (χ1) is 24.5. The van der Waals surface area contributed by atoms with Gasteiger partial charge in [0.25, 0.3) is 0 Å². The largest absolute Gasteiger partial charge is 0.490 e. The maximum atomic E-state index is 13.7. The summed E-state index contributed by atoms with van der Waals surface area (Å²) in [5, 5.41) is 34.2. The minimum absolute atomic E-state index is 0.0189. The number of aromatic nitrogens is 5. The first kappa shape index (κ1) is 36.5. The fraction of sp³-hybridized carbons (Fsp3) is 0.382. The third-order valence-corrected chi connectivity index (χ3v) is 8.49. The number of carbonyl (C=O) groups excluding carboxylic acids is 1. The molecule has 51 heavy (non-hydrogen) atoms. The van der Waals surface area contributed by atoms with Gasteiger partial charge in [-0.2, -0.15) is 28.5 Å². The van der Waals surface area contributed by atoms with Crippen LogP contribution in [0.2, 0.25) is 0 Å². The highest BCUT2D eigenvalue weighted by Gasteiger charge is 2.38. The van der Waals surface area contributed by atoms with Gasteiger partial charge in [-0.1, -0.05) is 30.3 Å². The molecule has 268 valence electrons. The molecular formula is C34H38F3N11O3. The molecule has 2 aliphatic rings. The number of halogens is 3. The van der Waals surface area contributed by atoms with Gasteiger partial charge in [0.05, 0.1) is 12.4 Å². The summed E-state index contributed by atoms with van der Waals surface area (Å²) in [5.41, 5.74) is 3.39. The molecule has 17 heteroatoms. The Labute approximate surface area is 292 Å². The number of urea groups is 1. The Morgan fingerprint density at radius 1 is 1.00 bits per heavy atom. The number of pyridine rings is 1. The third kappa shape index (κ3) is 10.1. The summed E-state index contributed by atoms with van der Waals surface area (Å²) in [6, 6.07) is 16.2. The van der Waals surface area contributed by atoms with Crippen molar-refractivity contribution in [2.24, 2.45) is 7.05 Å². The van der Waals surface area contributed by atoms with Crippen molar-refractivity contribution in [3.8, 4) is 17.2 Å². The Hall–Kier alpha value is -5.76. The van der Waals surface area contributed by atoms with E-state index in [9.17, 15) is 23.2 Å². The minimum atomic E-state index is -5.08. The number of benzene rings is 1. The van der Waals surface area contributed by atoms with E-state index in [4.69, 9.17) is 14.9 Å². The summed E-state index contributed by atoms with van der Waals surface area (Å²) in [7, 11) is 1.88. The molecule has 1 aromatic carbocycles. The van der Waals surface area contributed by atoms with E-state index >= 15 is 0 Å². The summed E-state index contributed by atoms with van der Waals surface area (Å²) in [6.07, 6.45) is 6.26. The number of nitrogens with one attached hydrogen (secondary N) is 4. The number of aliphatic carboxylic acids is 1. The zero-order chi connectivity index (χ0) is 36.4. The van der Waals surface area contributed by atoms with Crippen molar-refractivity contribution in [3.63, 3.8) is 0 Å². The molecule has 1 atom stereocenters. The molecule has 6 rings (SSSR count). The number of hydrogen-bond donors (Lipinski definition) is 5. The van der Waals surface area contributed by atoms with E-state index in [1.165, 1.54) is 0 Å². The molecule has 1 saturated carbocycles. The number of anilines is 3. The molecule has 1 aliphatic heterocycles. The van der Waals surface area contributed by atoms with Crippen molar-refractivity contribution in [3.05, 3.63) is 78.4 Å². The van der Waals surface area contributed by atoms with Crippen LogP contribution in [0.15, 0.2) is 67.3 Å². The summed E-state index contributed by atoms with van der Waals surface area (Å²) in [5.74, 6) is -1.07. The number of nitrogens with zero attached hydrogens (tertiary/aromatic N) is 7. The average Bonchev–Trinajstić information content (AvgIpc) is 3.81. The standard InChI is InChI=1S/C32H37N11O.C2HF3O2/c1-42-21-25(19-38-42)23-7-12-29(35-17-23)43(32(44)37-16-22-5-3-2-4-6-22)28-10-8-26(9-11-28)40-31-36-18-24(15-33)30(41-31)39-27-13-14-34-20-27;3-2(4,5)1(6)7/h2-7,12,17-19,21,26-28,34H,8-11,13-14,16,20H2,1H3,(H,37,44)(H2,36,39,40,41);(H,6,7)/t26-,27?,28-;. The second-order valence-corrected chi connectivity index (χ2v) is 12.2. The summed E-state index contributed by atoms with van der Waals surface area (Å²) < 4.78 is 33.5. The van der Waals surface area contributed by atoms with Crippen LogP contribution in [0.25, 0.3) is 11.1 Å². The lowest BCUT2D eigenvalue weighted by Gasteiger charge is -2.36. The quantitative estimate of drug-likeness (QED) is 0.163. The predicted molar refractivity (Wildman–Crippen MR) is 183 cm³/mol. The molecule has 1 saturated heterocycles. The molecule has 2 fully saturated rings. The van der Waals surface area contributed by atoms with Crippen molar-refractivity contribution in [2.45, 2.75) is 63.0 Å². The topological polar surface area (TPSA) is 186 Å². The van der Waals surface area contributed by atoms with E-state index in [-0.39, 0.29) is 24.2 Å². The number of carbonyl (C=O) groups is 2. The predicted octanol–water partition coefficient (Wildman–Crippen LogP) is 4.69. The highest BCUT2D eigenvalue weighted by atomic mass is 19.4. The third-order valence-electron chi connectivity index (χ3n) is 8.49. The molecule has 3 aromatic heterocycles. The monoisotopic (exact) mass is 705 g/mol. The van der Waals surface area contributed by atoms with E-state index in [1.54, 1.807) is 23.3 Å². The first-order valence-corrected chi connectivity index (χ1v) is 16.4. The van der Waals surface area contributed by atoms with Crippen LogP contribution in [0.3, 0.4) is 0 Å². The second-order valence-electron chi connectivity index (χ2n) is 12.2. The van der Waals surface area contributed by atoms with E-state index in [1.807, 2.05) is 60.6 Å². The molecule has 0 spiro atoms. The summed E-state index contributed by atoms with van der Waals surface area (Å²) in [6.45, 7) is 2.23. The zero-order valence-electron chi connectivity index (χ0n) is 27.8. The van der Waals surface area contributed by atoms with Crippen molar-refractivity contribution in [2.75, 3.05) is 28.6 Å². The van der Waals surface area contributed by atoms with Crippen LogP contribution < -0.4 is 26.2 Å². The Morgan fingerprint density at radius 3 is 2.33 bits per heavy atom. The van der Waals surface area contributed by atoms with Gasteiger partial charge in [0.15, 0.2) is 0 Å². The molecule has 4 aromatic rings. The number of rotatable bonds is 9. The minimum Gasteiger partial charge on any atom is -0.475 e. The number of carboxylic acids is 1.